The summed E-state index contributed by atoms with van der Waals surface area (Å²) in [6.07, 6.45) is 3.66. The molecule has 0 radical (unpaired) electrons. The average Bonchev–Trinajstić information content (AvgIpc) is 4.04. The Balaban J connectivity index is 1.52. The number of hydrogen-bond acceptors (Lipinski definition) is 11. The third-order valence-corrected chi connectivity index (χ3v) is 11.9. The normalized spacial score (nSPS) is 16.4. The van der Waals surface area contributed by atoms with Crippen molar-refractivity contribution in [2.24, 2.45) is 23.3 Å². The van der Waals surface area contributed by atoms with Gasteiger partial charge < -0.3 is 58.4 Å². The van der Waals surface area contributed by atoms with E-state index in [2.05, 4.69) is 41.9 Å². The monoisotopic (exact) mass is 958 g/mol. The smallest absolute Gasteiger partial charge is 0.326 e. The summed E-state index contributed by atoms with van der Waals surface area (Å²) in [5.74, 6) is -7.56. The number of rotatable bonds is 27. The van der Waals surface area contributed by atoms with Crippen LogP contribution in [0.5, 0.6) is 0 Å². The number of hydrogen-bond donors (Lipinski definition) is 10. The first-order chi connectivity index (χ1) is 32.9. The van der Waals surface area contributed by atoms with E-state index in [1.165, 1.54) is 17.4 Å². The molecule has 1 fully saturated rings. The first-order valence-corrected chi connectivity index (χ1v) is 23.3. The number of H-pyrrole nitrogens is 1. The van der Waals surface area contributed by atoms with Crippen LogP contribution in [-0.4, -0.2) is 129 Å². The number of aromatic nitrogens is 2. The summed E-state index contributed by atoms with van der Waals surface area (Å²) in [7, 11) is 0. The van der Waals surface area contributed by atoms with Gasteiger partial charge in [0, 0.05) is 37.7 Å². The fourth-order valence-corrected chi connectivity index (χ4v) is 7.90. The number of carbonyl (C=O) groups is 9. The Hall–Kier alpha value is -7.16. The Morgan fingerprint density at radius 3 is 1.91 bits per heavy atom. The van der Waals surface area contributed by atoms with E-state index in [0.717, 1.165) is 5.56 Å². The number of nitrogens with one attached hydrogen (secondary N) is 7. The summed E-state index contributed by atoms with van der Waals surface area (Å²) in [5.41, 5.74) is 13.7. The van der Waals surface area contributed by atoms with Crippen molar-refractivity contribution in [3.8, 4) is 0 Å². The van der Waals surface area contributed by atoms with Gasteiger partial charge in [-0.3, -0.25) is 38.4 Å². The molecule has 12 N–H and O–H groups in total. The number of carbonyl (C=O) groups excluding carboxylic acids is 8. The van der Waals surface area contributed by atoms with E-state index in [1.807, 2.05) is 44.2 Å². The van der Waals surface area contributed by atoms with E-state index in [0.29, 0.717) is 30.5 Å². The number of nitrogens with two attached hydrogens (primary N) is 2. The standard InChI is InChI=1S/C48H67N11O10/c1-5-29(4)41(48(68)69)58-40(61)26-52-42(62)36(23-31-15-10-7-11-16-31)56-44(64)35(21-28(2)3)55-45(65)37(24-32-25-51-27-53-32)57-43(63)34(18-19-39(50)60)54-46(66)38-17-12-20-59(38)47(67)33(49)22-30-13-8-6-9-14-30/h6-11,13-16,25,27-29,33-38,41H,5,12,17-24,26,49H2,1-4H3,(H2,50,60)(H,51,53)(H,52,62)(H,54,66)(H,55,65)(H,56,64)(H,57,63)(H,58,61)(H,68,69)/t29-,33-,34-,35-,36-,37-,38-,41-/m0/s1. The highest BCUT2D eigenvalue weighted by atomic mass is 16.4. The van der Waals surface area contributed by atoms with Crippen LogP contribution in [0, 0.1) is 11.8 Å². The summed E-state index contributed by atoms with van der Waals surface area (Å²) in [5, 5.41) is 25.3. The maximum Gasteiger partial charge on any atom is 0.326 e. The van der Waals surface area contributed by atoms with E-state index < -0.39 is 102 Å². The van der Waals surface area contributed by atoms with Gasteiger partial charge in [-0.2, -0.15) is 0 Å². The molecule has 21 nitrogen and oxygen atoms in total. The molecule has 0 unspecified atom stereocenters. The second-order valence-corrected chi connectivity index (χ2v) is 17.8. The summed E-state index contributed by atoms with van der Waals surface area (Å²) in [6, 6.07) is 9.55. The molecule has 8 amide bonds. The second-order valence-electron chi connectivity index (χ2n) is 17.8. The topological polar surface area (TPSA) is 330 Å². The Bertz CT molecular complexity index is 2210. The molecule has 0 bridgehead atoms. The number of imidazole rings is 1. The SMILES string of the molecule is CC[C@H](C)[C@H](NC(=O)CNC(=O)[C@H](Cc1ccccc1)NC(=O)[C@H](CC(C)C)NC(=O)[C@H](Cc1cnc[nH]1)NC(=O)[C@H](CCC(N)=O)NC(=O)[C@@H]1CCCN1C(=O)[C@@H](N)Cc1ccccc1)C(=O)O. The molecule has 0 saturated carbocycles. The maximum absolute atomic E-state index is 14.3. The van der Waals surface area contributed by atoms with Crippen LogP contribution in [0.1, 0.15) is 83.0 Å². The van der Waals surface area contributed by atoms with Crippen LogP contribution < -0.4 is 43.4 Å². The highest BCUT2D eigenvalue weighted by Gasteiger charge is 2.39. The molecule has 69 heavy (non-hydrogen) atoms. The van der Waals surface area contributed by atoms with Gasteiger partial charge >= 0.3 is 5.97 Å². The van der Waals surface area contributed by atoms with E-state index in [-0.39, 0.29) is 56.9 Å². The first kappa shape index (κ1) is 54.4. The van der Waals surface area contributed by atoms with Crippen LogP contribution in [0.4, 0.5) is 0 Å². The Morgan fingerprint density at radius 2 is 1.35 bits per heavy atom. The van der Waals surface area contributed by atoms with Gasteiger partial charge in [0.2, 0.25) is 47.3 Å². The molecule has 4 rings (SSSR count). The molecule has 1 saturated heterocycles. The zero-order chi connectivity index (χ0) is 50.6. The van der Waals surface area contributed by atoms with Crippen molar-refractivity contribution >= 4 is 53.2 Å². The van der Waals surface area contributed by atoms with Crippen LogP contribution in [0.25, 0.3) is 0 Å². The molecule has 2 heterocycles. The number of carboxylic acid groups (broad SMARTS) is 1. The highest BCUT2D eigenvalue weighted by molar-refractivity contribution is 5.97. The lowest BCUT2D eigenvalue weighted by molar-refractivity contribution is -0.143. The molecule has 374 valence electrons. The van der Waals surface area contributed by atoms with Gasteiger partial charge in [-0.1, -0.05) is 94.8 Å². The fourth-order valence-electron chi connectivity index (χ4n) is 7.90. The predicted molar refractivity (Wildman–Crippen MR) is 253 cm³/mol. The molecule has 1 aromatic heterocycles. The van der Waals surface area contributed by atoms with Gasteiger partial charge in [0.1, 0.15) is 36.3 Å². The summed E-state index contributed by atoms with van der Waals surface area (Å²) in [6.45, 7) is 6.77. The van der Waals surface area contributed by atoms with Crippen molar-refractivity contribution in [2.45, 2.75) is 128 Å². The molecule has 8 atom stereocenters. The minimum Gasteiger partial charge on any atom is -0.480 e. The van der Waals surface area contributed by atoms with Crippen molar-refractivity contribution in [3.05, 3.63) is 90.0 Å². The second kappa shape index (κ2) is 27.0. The van der Waals surface area contributed by atoms with Crippen molar-refractivity contribution < 1.29 is 48.3 Å². The van der Waals surface area contributed by atoms with E-state index >= 15 is 0 Å². The summed E-state index contributed by atoms with van der Waals surface area (Å²) < 4.78 is 0. The minimum absolute atomic E-state index is 0.0167. The molecular weight excluding hydrogens is 891 g/mol. The number of aliphatic carboxylic acids is 1. The molecule has 1 aliphatic rings. The van der Waals surface area contributed by atoms with E-state index in [9.17, 15) is 48.3 Å². The van der Waals surface area contributed by atoms with E-state index in [1.54, 1.807) is 44.2 Å². The summed E-state index contributed by atoms with van der Waals surface area (Å²) >= 11 is 0. The fraction of sp³-hybridized carbons (Fsp3) is 0.500. The van der Waals surface area contributed by atoms with Crippen LogP contribution in [0.15, 0.2) is 73.2 Å². The number of likely N-dealkylation sites (tertiary alicyclic amines) is 1. The number of benzene rings is 2. The molecular formula is C48H67N11O10. The van der Waals surface area contributed by atoms with Crippen molar-refractivity contribution in [3.63, 3.8) is 0 Å². The third kappa shape index (κ3) is 17.5. The molecule has 0 aliphatic carbocycles. The molecule has 21 heteroatoms. The molecule has 0 spiro atoms. The van der Waals surface area contributed by atoms with Crippen molar-refractivity contribution in [1.29, 1.82) is 0 Å². The van der Waals surface area contributed by atoms with Crippen LogP contribution >= 0.6 is 0 Å². The predicted octanol–water partition coefficient (Wildman–Crippen LogP) is -0.262. The number of amides is 8. The number of primary amides is 1. The van der Waals surface area contributed by atoms with Gasteiger partial charge in [-0.05, 0) is 55.1 Å². The van der Waals surface area contributed by atoms with Crippen molar-refractivity contribution in [2.75, 3.05) is 13.1 Å². The lowest BCUT2D eigenvalue weighted by atomic mass is 9.99. The number of nitrogens with zero attached hydrogens (tertiary/aromatic N) is 2. The Kier molecular flexibility index (Phi) is 21.3. The lowest BCUT2D eigenvalue weighted by Gasteiger charge is -2.29. The van der Waals surface area contributed by atoms with Gasteiger partial charge in [0.05, 0.1) is 18.9 Å². The average molecular weight is 958 g/mol. The lowest BCUT2D eigenvalue weighted by Crippen LogP contribution is -2.60. The third-order valence-electron chi connectivity index (χ3n) is 11.9. The van der Waals surface area contributed by atoms with Crippen molar-refractivity contribution in [1.82, 2.24) is 46.8 Å². The minimum atomic E-state index is -1.39. The molecule has 1 aliphatic heterocycles. The highest BCUT2D eigenvalue weighted by Crippen LogP contribution is 2.20. The zero-order valence-electron chi connectivity index (χ0n) is 39.6. The van der Waals surface area contributed by atoms with Gasteiger partial charge in [0.15, 0.2) is 0 Å². The van der Waals surface area contributed by atoms with E-state index in [4.69, 9.17) is 11.5 Å². The Labute approximate surface area is 401 Å². The maximum atomic E-state index is 14.3. The van der Waals surface area contributed by atoms with Gasteiger partial charge in [-0.15, -0.1) is 0 Å². The van der Waals surface area contributed by atoms with Gasteiger partial charge in [-0.25, -0.2) is 9.78 Å². The molecule has 3 aromatic rings. The number of aromatic amines is 1. The first-order valence-electron chi connectivity index (χ1n) is 23.3. The van der Waals surface area contributed by atoms with Crippen LogP contribution in [-0.2, 0) is 62.4 Å². The van der Waals surface area contributed by atoms with Gasteiger partial charge in [0.25, 0.3) is 0 Å². The quantitative estimate of drug-likeness (QED) is 0.0473. The van der Waals surface area contributed by atoms with Crippen LogP contribution in [0.2, 0.25) is 0 Å². The zero-order valence-corrected chi connectivity index (χ0v) is 39.6. The largest absolute Gasteiger partial charge is 0.480 e. The molecule has 2 aromatic carbocycles. The summed E-state index contributed by atoms with van der Waals surface area (Å²) in [4.78, 5) is 129. The Morgan fingerprint density at radius 1 is 0.768 bits per heavy atom. The van der Waals surface area contributed by atoms with Crippen LogP contribution in [0.3, 0.4) is 0 Å². The number of carboxylic acids is 1.